The van der Waals surface area contributed by atoms with Crippen LogP contribution in [0.25, 0.3) is 11.4 Å². The summed E-state index contributed by atoms with van der Waals surface area (Å²) in [6.45, 7) is 7.38. The lowest BCUT2D eigenvalue weighted by Gasteiger charge is -2.31. The van der Waals surface area contributed by atoms with Crippen LogP contribution >= 0.6 is 11.8 Å². The average Bonchev–Trinajstić information content (AvgIpc) is 3.44. The summed E-state index contributed by atoms with van der Waals surface area (Å²) < 4.78 is 7.33. The van der Waals surface area contributed by atoms with Gasteiger partial charge in [0.15, 0.2) is 11.0 Å². The summed E-state index contributed by atoms with van der Waals surface area (Å²) in [5.74, 6) is 1.69. The second-order valence-corrected chi connectivity index (χ2v) is 8.84. The molecule has 0 aliphatic carbocycles. The molecule has 0 saturated carbocycles. The number of carbonyl (C=O) groups is 2. The maximum Gasteiger partial charge on any atom is 0.233 e. The van der Waals surface area contributed by atoms with Gasteiger partial charge in [0.05, 0.1) is 17.6 Å². The molecule has 3 heterocycles. The molecule has 1 N–H and O–H groups in total. The molecule has 1 saturated heterocycles. The number of hydrogen-bond donors (Lipinski definition) is 1. The fraction of sp³-hybridized carbons (Fsp3) is 0.333. The zero-order valence-corrected chi connectivity index (χ0v) is 19.4. The number of nitrogens with one attached hydrogen (secondary N) is 1. The molecular weight excluding hydrogens is 438 g/mol. The van der Waals surface area contributed by atoms with E-state index in [0.717, 1.165) is 17.0 Å². The van der Waals surface area contributed by atoms with Crippen LogP contribution in [0.4, 0.5) is 5.69 Å². The van der Waals surface area contributed by atoms with E-state index >= 15 is 0 Å². The first-order chi connectivity index (χ1) is 16.1. The van der Waals surface area contributed by atoms with Crippen LogP contribution in [0.3, 0.4) is 0 Å². The van der Waals surface area contributed by atoms with E-state index in [9.17, 15) is 9.59 Å². The highest BCUT2D eigenvalue weighted by Gasteiger charge is 2.28. The third kappa shape index (κ3) is 5.36. The normalized spacial score (nSPS) is 14.3. The van der Waals surface area contributed by atoms with E-state index in [0.29, 0.717) is 43.5 Å². The molecular formula is C24H27N5O3S. The Bertz CT molecular complexity index is 1120. The summed E-state index contributed by atoms with van der Waals surface area (Å²) in [5.41, 5.74) is 1.67. The number of benzene rings is 1. The van der Waals surface area contributed by atoms with E-state index in [2.05, 4.69) is 22.1 Å². The Labute approximate surface area is 197 Å². The summed E-state index contributed by atoms with van der Waals surface area (Å²) in [5, 5.41) is 12.2. The predicted molar refractivity (Wildman–Crippen MR) is 128 cm³/mol. The van der Waals surface area contributed by atoms with Crippen LogP contribution in [-0.2, 0) is 16.1 Å². The summed E-state index contributed by atoms with van der Waals surface area (Å²) >= 11 is 1.36. The Kier molecular flexibility index (Phi) is 7.29. The first kappa shape index (κ1) is 22.8. The standard InChI is InChI=1S/C24H27N5O3S/c1-3-12-29-22(20-11-15-32-17(20)2)26-27-24(29)33-16-21(30)28-13-9-18(10-14-28)23(31)25-19-7-5-4-6-8-19/h3-8,11,15,18H,1,9-10,12-14,16H2,2H3,(H,25,31). The van der Waals surface area contributed by atoms with Gasteiger partial charge in [-0.2, -0.15) is 0 Å². The third-order valence-electron chi connectivity index (χ3n) is 5.71. The number of aryl methyl sites for hydroxylation is 1. The SMILES string of the molecule is C=CCn1c(SCC(=O)N2CCC(C(=O)Nc3ccccc3)CC2)nnc1-c1ccoc1C. The molecule has 1 fully saturated rings. The molecule has 9 heteroatoms. The van der Waals surface area contributed by atoms with Gasteiger partial charge in [0, 0.05) is 31.2 Å². The first-order valence-electron chi connectivity index (χ1n) is 10.9. The van der Waals surface area contributed by atoms with E-state index in [1.54, 1.807) is 12.3 Å². The number of aromatic nitrogens is 3. The van der Waals surface area contributed by atoms with E-state index in [1.165, 1.54) is 11.8 Å². The minimum Gasteiger partial charge on any atom is -0.469 e. The molecule has 0 atom stereocenters. The van der Waals surface area contributed by atoms with Crippen molar-refractivity contribution in [2.24, 2.45) is 5.92 Å². The number of anilines is 1. The zero-order valence-electron chi connectivity index (χ0n) is 18.6. The fourth-order valence-electron chi connectivity index (χ4n) is 3.88. The topological polar surface area (TPSA) is 93.3 Å². The van der Waals surface area contributed by atoms with Crippen LogP contribution in [-0.4, -0.2) is 50.3 Å². The van der Waals surface area contributed by atoms with Crippen molar-refractivity contribution in [3.05, 3.63) is 61.1 Å². The van der Waals surface area contributed by atoms with Crippen molar-refractivity contribution in [3.8, 4) is 11.4 Å². The van der Waals surface area contributed by atoms with E-state index in [4.69, 9.17) is 4.42 Å². The lowest BCUT2D eigenvalue weighted by molar-refractivity contribution is -0.132. The minimum atomic E-state index is -0.0849. The smallest absolute Gasteiger partial charge is 0.233 e. The van der Waals surface area contributed by atoms with Gasteiger partial charge in [-0.05, 0) is 38.0 Å². The van der Waals surface area contributed by atoms with Gasteiger partial charge in [0.1, 0.15) is 5.76 Å². The molecule has 2 aromatic heterocycles. The Balaban J connectivity index is 1.31. The average molecular weight is 466 g/mol. The lowest BCUT2D eigenvalue weighted by atomic mass is 9.96. The molecule has 1 aliphatic heterocycles. The van der Waals surface area contributed by atoms with Crippen LogP contribution in [0.2, 0.25) is 0 Å². The molecule has 172 valence electrons. The van der Waals surface area contributed by atoms with Crippen molar-refractivity contribution < 1.29 is 14.0 Å². The maximum absolute atomic E-state index is 12.8. The largest absolute Gasteiger partial charge is 0.469 e. The van der Waals surface area contributed by atoms with Crippen molar-refractivity contribution in [3.63, 3.8) is 0 Å². The lowest BCUT2D eigenvalue weighted by Crippen LogP contribution is -2.42. The Hall–Kier alpha value is -3.33. The van der Waals surface area contributed by atoms with Crippen LogP contribution in [0.15, 0.2) is 64.9 Å². The molecule has 8 nitrogen and oxygen atoms in total. The quantitative estimate of drug-likeness (QED) is 0.399. The summed E-state index contributed by atoms with van der Waals surface area (Å²) in [4.78, 5) is 27.2. The summed E-state index contributed by atoms with van der Waals surface area (Å²) in [7, 11) is 0. The number of piperidine rings is 1. The molecule has 0 radical (unpaired) electrons. The molecule has 2 amide bonds. The second kappa shape index (κ2) is 10.5. The number of likely N-dealkylation sites (tertiary alicyclic amines) is 1. The van der Waals surface area contributed by atoms with Crippen LogP contribution < -0.4 is 5.32 Å². The van der Waals surface area contributed by atoms with Crippen molar-refractivity contribution in [1.82, 2.24) is 19.7 Å². The van der Waals surface area contributed by atoms with Gasteiger partial charge in [0.2, 0.25) is 11.8 Å². The van der Waals surface area contributed by atoms with Crippen LogP contribution in [0.1, 0.15) is 18.6 Å². The number of furan rings is 1. The molecule has 1 aromatic carbocycles. The highest BCUT2D eigenvalue weighted by Crippen LogP contribution is 2.28. The van der Waals surface area contributed by atoms with E-state index in [-0.39, 0.29) is 23.5 Å². The van der Waals surface area contributed by atoms with Gasteiger partial charge >= 0.3 is 0 Å². The zero-order chi connectivity index (χ0) is 23.2. The number of thioether (sulfide) groups is 1. The van der Waals surface area contributed by atoms with Gasteiger partial charge in [-0.25, -0.2) is 0 Å². The number of para-hydroxylation sites is 1. The minimum absolute atomic E-state index is 0.0160. The number of carbonyl (C=O) groups excluding carboxylic acids is 2. The predicted octanol–water partition coefficient (Wildman–Crippen LogP) is 4.00. The molecule has 0 unspecified atom stereocenters. The van der Waals surface area contributed by atoms with E-state index < -0.39 is 0 Å². The molecule has 1 aliphatic rings. The third-order valence-corrected chi connectivity index (χ3v) is 6.66. The Morgan fingerprint density at radius 1 is 1.21 bits per heavy atom. The number of amides is 2. The first-order valence-corrected chi connectivity index (χ1v) is 11.9. The van der Waals surface area contributed by atoms with E-state index in [1.807, 2.05) is 52.8 Å². The number of nitrogens with zero attached hydrogens (tertiary/aromatic N) is 4. The number of rotatable bonds is 8. The maximum atomic E-state index is 12.8. The fourth-order valence-corrected chi connectivity index (χ4v) is 4.73. The summed E-state index contributed by atoms with van der Waals surface area (Å²) in [6, 6.07) is 11.3. The highest BCUT2D eigenvalue weighted by molar-refractivity contribution is 7.99. The molecule has 33 heavy (non-hydrogen) atoms. The van der Waals surface area contributed by atoms with Gasteiger partial charge in [-0.3, -0.25) is 14.2 Å². The van der Waals surface area contributed by atoms with Crippen molar-refractivity contribution in [1.29, 1.82) is 0 Å². The summed E-state index contributed by atoms with van der Waals surface area (Å²) in [6.07, 6.45) is 4.72. The van der Waals surface area contributed by atoms with Gasteiger partial charge in [-0.1, -0.05) is 36.0 Å². The second-order valence-electron chi connectivity index (χ2n) is 7.89. The van der Waals surface area contributed by atoms with Gasteiger partial charge < -0.3 is 14.6 Å². The molecule has 4 rings (SSSR count). The highest BCUT2D eigenvalue weighted by atomic mass is 32.2. The van der Waals surface area contributed by atoms with Crippen LogP contribution in [0.5, 0.6) is 0 Å². The Morgan fingerprint density at radius 3 is 2.64 bits per heavy atom. The molecule has 0 spiro atoms. The van der Waals surface area contributed by atoms with Crippen molar-refractivity contribution in [2.45, 2.75) is 31.5 Å². The molecule has 3 aromatic rings. The van der Waals surface area contributed by atoms with Gasteiger partial charge in [0.25, 0.3) is 0 Å². The van der Waals surface area contributed by atoms with Crippen LogP contribution in [0, 0.1) is 12.8 Å². The van der Waals surface area contributed by atoms with Crippen molar-refractivity contribution in [2.75, 3.05) is 24.2 Å². The molecule has 0 bridgehead atoms. The van der Waals surface area contributed by atoms with Gasteiger partial charge in [-0.15, -0.1) is 16.8 Å². The number of hydrogen-bond acceptors (Lipinski definition) is 6. The monoisotopic (exact) mass is 465 g/mol. The number of allylic oxidation sites excluding steroid dienone is 1. The Morgan fingerprint density at radius 2 is 1.97 bits per heavy atom. The van der Waals surface area contributed by atoms with Crippen molar-refractivity contribution >= 4 is 29.3 Å².